The summed E-state index contributed by atoms with van der Waals surface area (Å²) in [5, 5.41) is 9.11. The van der Waals surface area contributed by atoms with Gasteiger partial charge in [0.2, 0.25) is 0 Å². The summed E-state index contributed by atoms with van der Waals surface area (Å²) in [5.41, 5.74) is -1.02. The molecule has 1 N–H and O–H groups in total. The zero-order valence-corrected chi connectivity index (χ0v) is 12.7. The van der Waals surface area contributed by atoms with Crippen molar-refractivity contribution in [3.05, 3.63) is 15.9 Å². The number of halogens is 1. The van der Waals surface area contributed by atoms with Crippen LogP contribution < -0.4 is 4.72 Å². The monoisotopic (exact) mass is 336 g/mol. The van der Waals surface area contributed by atoms with Crippen LogP contribution in [0.15, 0.2) is 20.1 Å². The lowest BCUT2D eigenvalue weighted by molar-refractivity contribution is 0.447. The first-order valence-electron chi connectivity index (χ1n) is 5.09. The van der Waals surface area contributed by atoms with E-state index in [1.165, 1.54) is 6.07 Å². The largest absolute Gasteiger partial charge is 0.251 e. The Balaban J connectivity index is 3.06. The van der Waals surface area contributed by atoms with E-state index in [4.69, 9.17) is 5.26 Å². The molecule has 0 atom stereocenters. The molecule has 1 aromatic rings. The van der Waals surface area contributed by atoms with Crippen molar-refractivity contribution < 1.29 is 8.42 Å². The van der Waals surface area contributed by atoms with Crippen molar-refractivity contribution in [2.75, 3.05) is 0 Å². The molecule has 0 unspecified atom stereocenters. The predicted molar refractivity (Wildman–Crippen MR) is 71.3 cm³/mol. The van der Waals surface area contributed by atoms with Gasteiger partial charge in [-0.2, -0.15) is 9.98 Å². The molecule has 0 aromatic carbocycles. The van der Waals surface area contributed by atoms with Crippen LogP contribution in [-0.2, 0) is 10.0 Å². The van der Waals surface area contributed by atoms with E-state index in [2.05, 4.69) is 26.7 Å². The number of nitrogens with zero attached hydrogens (tertiary/aromatic N) is 1. The summed E-state index contributed by atoms with van der Waals surface area (Å²) >= 11 is 4.34. The van der Waals surface area contributed by atoms with Gasteiger partial charge >= 0.3 is 0 Å². The van der Waals surface area contributed by atoms with Gasteiger partial charge in [-0.05, 0) is 40.9 Å². The molecule has 0 aliphatic heterocycles. The van der Waals surface area contributed by atoms with E-state index < -0.39 is 15.6 Å². The van der Waals surface area contributed by atoms with Gasteiger partial charge in [-0.1, -0.05) is 13.8 Å². The predicted octanol–water partition coefficient (Wildman–Crippen LogP) is 2.87. The van der Waals surface area contributed by atoms with Gasteiger partial charge < -0.3 is 0 Å². The topological polar surface area (TPSA) is 70.0 Å². The molecule has 0 bridgehead atoms. The molecule has 1 heterocycles. The fourth-order valence-electron chi connectivity index (χ4n) is 1.32. The Morgan fingerprint density at radius 2 is 2.06 bits per heavy atom. The second-order valence-electron chi connectivity index (χ2n) is 3.57. The van der Waals surface area contributed by atoms with Gasteiger partial charge in [0.05, 0.1) is 9.86 Å². The van der Waals surface area contributed by atoms with Crippen LogP contribution in [0.25, 0.3) is 0 Å². The number of rotatable bonds is 5. The van der Waals surface area contributed by atoms with E-state index in [1.807, 2.05) is 0 Å². The molecule has 0 amide bonds. The minimum absolute atomic E-state index is 0.214. The highest BCUT2D eigenvalue weighted by atomic mass is 79.9. The number of sulfonamides is 1. The first-order valence-corrected chi connectivity index (χ1v) is 8.19. The van der Waals surface area contributed by atoms with Gasteiger partial charge in [-0.25, -0.2) is 8.42 Å². The third kappa shape index (κ3) is 3.28. The van der Waals surface area contributed by atoms with Crippen LogP contribution in [0.5, 0.6) is 0 Å². The summed E-state index contributed by atoms with van der Waals surface area (Å²) in [7, 11) is -3.62. The summed E-state index contributed by atoms with van der Waals surface area (Å²) in [6, 6.07) is 5.24. The normalized spacial score (nSPS) is 12.4. The lowest BCUT2D eigenvalue weighted by Gasteiger charge is -2.23. The van der Waals surface area contributed by atoms with Gasteiger partial charge in [0.15, 0.2) is 0 Å². The van der Waals surface area contributed by atoms with E-state index in [9.17, 15) is 8.42 Å². The molecule has 94 valence electrons. The van der Waals surface area contributed by atoms with Crippen LogP contribution in [0, 0.1) is 11.3 Å². The van der Waals surface area contributed by atoms with Crippen molar-refractivity contribution in [1.29, 1.82) is 5.26 Å². The molecular weight excluding hydrogens is 324 g/mol. The van der Waals surface area contributed by atoms with Crippen LogP contribution in [0.1, 0.15) is 26.7 Å². The van der Waals surface area contributed by atoms with E-state index in [-0.39, 0.29) is 4.21 Å². The maximum Gasteiger partial charge on any atom is 0.251 e. The highest BCUT2D eigenvalue weighted by Gasteiger charge is 2.32. The fraction of sp³-hybridized carbons (Fsp3) is 0.500. The van der Waals surface area contributed by atoms with Crippen molar-refractivity contribution in [1.82, 2.24) is 4.72 Å². The Labute approximate surface area is 114 Å². The van der Waals surface area contributed by atoms with Crippen LogP contribution in [0.4, 0.5) is 0 Å². The number of nitrogens with one attached hydrogen (secondary N) is 1. The second kappa shape index (κ2) is 5.48. The lowest BCUT2D eigenvalue weighted by atomic mass is 9.97. The van der Waals surface area contributed by atoms with Crippen molar-refractivity contribution in [3.63, 3.8) is 0 Å². The maximum absolute atomic E-state index is 12.1. The summed E-state index contributed by atoms with van der Waals surface area (Å²) in [6.45, 7) is 3.58. The van der Waals surface area contributed by atoms with E-state index in [0.717, 1.165) is 15.1 Å². The first-order chi connectivity index (χ1) is 7.89. The highest BCUT2D eigenvalue weighted by molar-refractivity contribution is 9.11. The third-order valence-corrected chi connectivity index (χ3v) is 6.22. The molecule has 7 heteroatoms. The Bertz CT molecular complexity index is 527. The second-order valence-corrected chi connectivity index (χ2v) is 7.94. The Kier molecular flexibility index (Phi) is 4.72. The van der Waals surface area contributed by atoms with Crippen LogP contribution in [-0.4, -0.2) is 14.0 Å². The molecule has 4 nitrogen and oxygen atoms in total. The SMILES string of the molecule is CCC(C#N)(CC)NS(=O)(=O)c1ccc(Br)s1. The first kappa shape index (κ1) is 14.6. The Hall–Kier alpha value is -0.420. The quantitative estimate of drug-likeness (QED) is 0.898. The van der Waals surface area contributed by atoms with Gasteiger partial charge in [0.1, 0.15) is 9.75 Å². The average molecular weight is 337 g/mol. The number of nitriles is 1. The summed E-state index contributed by atoms with van der Waals surface area (Å²) < 4.78 is 27.6. The van der Waals surface area contributed by atoms with Gasteiger partial charge in [-0.15, -0.1) is 11.3 Å². The summed E-state index contributed by atoms with van der Waals surface area (Å²) in [5.74, 6) is 0. The van der Waals surface area contributed by atoms with Crippen LogP contribution in [0.2, 0.25) is 0 Å². The minimum atomic E-state index is -3.62. The van der Waals surface area contributed by atoms with Crippen molar-refractivity contribution in [2.24, 2.45) is 0 Å². The fourth-order valence-corrected chi connectivity index (χ4v) is 4.80. The van der Waals surface area contributed by atoms with E-state index in [1.54, 1.807) is 19.9 Å². The van der Waals surface area contributed by atoms with E-state index >= 15 is 0 Å². The Morgan fingerprint density at radius 1 is 1.47 bits per heavy atom. The molecule has 0 saturated carbocycles. The highest BCUT2D eigenvalue weighted by Crippen LogP contribution is 2.27. The molecule has 0 saturated heterocycles. The molecule has 0 radical (unpaired) electrons. The van der Waals surface area contributed by atoms with Gasteiger partial charge in [0.25, 0.3) is 10.0 Å². The van der Waals surface area contributed by atoms with Crippen molar-refractivity contribution >= 4 is 37.3 Å². The van der Waals surface area contributed by atoms with Gasteiger partial charge in [0, 0.05) is 0 Å². The Morgan fingerprint density at radius 3 is 2.41 bits per heavy atom. The molecule has 0 aliphatic carbocycles. The van der Waals surface area contributed by atoms with Crippen molar-refractivity contribution in [3.8, 4) is 6.07 Å². The zero-order valence-electron chi connectivity index (χ0n) is 9.53. The van der Waals surface area contributed by atoms with Crippen molar-refractivity contribution in [2.45, 2.75) is 36.4 Å². The van der Waals surface area contributed by atoms with Crippen LogP contribution in [0.3, 0.4) is 0 Å². The summed E-state index contributed by atoms with van der Waals surface area (Å²) in [6.07, 6.45) is 0.873. The molecule has 1 rings (SSSR count). The third-order valence-electron chi connectivity index (χ3n) is 2.56. The molecule has 0 fully saturated rings. The zero-order chi connectivity index (χ0) is 13.1. The molecular formula is C10H13BrN2O2S2. The van der Waals surface area contributed by atoms with E-state index in [0.29, 0.717) is 12.8 Å². The molecule has 0 spiro atoms. The molecule has 17 heavy (non-hydrogen) atoms. The standard InChI is InChI=1S/C10H13BrN2O2S2/c1-3-10(4-2,7-12)13-17(14,15)9-6-5-8(11)16-9/h5-6,13H,3-4H2,1-2H3. The average Bonchev–Trinajstić information content (AvgIpc) is 2.74. The number of hydrogen-bond donors (Lipinski definition) is 1. The maximum atomic E-state index is 12.1. The molecule has 1 aromatic heterocycles. The van der Waals surface area contributed by atoms with Crippen LogP contribution >= 0.6 is 27.3 Å². The lowest BCUT2D eigenvalue weighted by Crippen LogP contribution is -2.46. The summed E-state index contributed by atoms with van der Waals surface area (Å²) in [4.78, 5) is 0. The minimum Gasteiger partial charge on any atom is -0.206 e. The number of hydrogen-bond acceptors (Lipinski definition) is 4. The molecule has 0 aliphatic rings. The number of thiophene rings is 1. The smallest absolute Gasteiger partial charge is 0.206 e. The van der Waals surface area contributed by atoms with Gasteiger partial charge in [-0.3, -0.25) is 0 Å².